The second kappa shape index (κ2) is 6.89. The lowest BCUT2D eigenvalue weighted by Crippen LogP contribution is -2.32. The first-order chi connectivity index (χ1) is 11.1. The standard InChI is InChI=1S/C17H14ClF2NOS/c18-12-4-2-5-13(19)11(12)9-16(22)21-15-7-8-23-17-10(15)3-1-6-14(17)20/h1-6,15H,7-9H2,(H,21,22). The van der Waals surface area contributed by atoms with Crippen LogP contribution in [0, 0.1) is 11.6 Å². The van der Waals surface area contributed by atoms with Gasteiger partial charge in [0.15, 0.2) is 0 Å². The van der Waals surface area contributed by atoms with Crippen LogP contribution in [0.4, 0.5) is 8.78 Å². The molecular formula is C17H14ClF2NOS. The number of nitrogens with one attached hydrogen (secondary N) is 1. The fraction of sp³-hybridized carbons (Fsp3) is 0.235. The van der Waals surface area contributed by atoms with Crippen molar-refractivity contribution in [3.8, 4) is 0 Å². The Morgan fingerprint density at radius 2 is 1.96 bits per heavy atom. The molecule has 2 aromatic rings. The fourth-order valence-corrected chi connectivity index (χ4v) is 4.01. The van der Waals surface area contributed by atoms with Crippen molar-refractivity contribution >= 4 is 29.3 Å². The number of benzene rings is 2. The molecule has 6 heteroatoms. The van der Waals surface area contributed by atoms with Crippen LogP contribution in [0.5, 0.6) is 0 Å². The zero-order chi connectivity index (χ0) is 16.4. The number of thioether (sulfide) groups is 1. The van der Waals surface area contributed by atoms with Crippen LogP contribution in [0.2, 0.25) is 5.02 Å². The van der Waals surface area contributed by atoms with Crippen molar-refractivity contribution in [1.82, 2.24) is 5.32 Å². The number of hydrogen-bond acceptors (Lipinski definition) is 2. The van der Waals surface area contributed by atoms with Crippen LogP contribution in [-0.4, -0.2) is 11.7 Å². The Hall–Kier alpha value is -1.59. The summed E-state index contributed by atoms with van der Waals surface area (Å²) in [4.78, 5) is 12.8. The molecule has 0 aliphatic carbocycles. The number of hydrogen-bond donors (Lipinski definition) is 1. The first-order valence-electron chi connectivity index (χ1n) is 7.19. The highest BCUT2D eigenvalue weighted by Crippen LogP contribution is 2.37. The smallest absolute Gasteiger partial charge is 0.225 e. The van der Waals surface area contributed by atoms with Crippen LogP contribution >= 0.6 is 23.4 Å². The predicted octanol–water partition coefficient (Wildman–Crippen LogP) is 4.51. The molecule has 0 fully saturated rings. The lowest BCUT2D eigenvalue weighted by Gasteiger charge is -2.26. The second-order valence-electron chi connectivity index (χ2n) is 5.29. The summed E-state index contributed by atoms with van der Waals surface area (Å²) in [6.45, 7) is 0. The van der Waals surface area contributed by atoms with Gasteiger partial charge >= 0.3 is 0 Å². The highest BCUT2D eigenvalue weighted by atomic mass is 35.5. The Morgan fingerprint density at radius 1 is 1.22 bits per heavy atom. The van der Waals surface area contributed by atoms with E-state index in [0.29, 0.717) is 11.3 Å². The van der Waals surface area contributed by atoms with E-state index in [-0.39, 0.29) is 34.8 Å². The molecule has 0 spiro atoms. The van der Waals surface area contributed by atoms with Gasteiger partial charge < -0.3 is 5.32 Å². The SMILES string of the molecule is O=C(Cc1c(F)cccc1Cl)NC1CCSc2c(F)cccc21. The molecule has 1 unspecified atom stereocenters. The van der Waals surface area contributed by atoms with Gasteiger partial charge in [-0.05, 0) is 30.2 Å². The number of carbonyl (C=O) groups excluding carboxylic acids is 1. The fourth-order valence-electron chi connectivity index (χ4n) is 2.64. The minimum absolute atomic E-state index is 0.139. The molecule has 1 aliphatic heterocycles. The monoisotopic (exact) mass is 353 g/mol. The Bertz CT molecular complexity index is 733. The zero-order valence-corrected chi connectivity index (χ0v) is 13.7. The molecule has 0 saturated heterocycles. The maximum absolute atomic E-state index is 13.8. The first kappa shape index (κ1) is 16.3. The lowest BCUT2D eigenvalue weighted by molar-refractivity contribution is -0.121. The van der Waals surface area contributed by atoms with Gasteiger partial charge in [0.05, 0.1) is 12.5 Å². The maximum Gasteiger partial charge on any atom is 0.225 e. The van der Waals surface area contributed by atoms with Crippen LogP contribution in [0.1, 0.15) is 23.6 Å². The minimum atomic E-state index is -0.502. The molecule has 0 saturated carbocycles. The number of halogens is 3. The van der Waals surface area contributed by atoms with E-state index in [1.807, 2.05) is 6.07 Å². The first-order valence-corrected chi connectivity index (χ1v) is 8.56. The van der Waals surface area contributed by atoms with Crippen LogP contribution in [-0.2, 0) is 11.2 Å². The van der Waals surface area contributed by atoms with E-state index in [4.69, 9.17) is 11.6 Å². The maximum atomic E-state index is 13.8. The summed E-state index contributed by atoms with van der Waals surface area (Å²) in [7, 11) is 0. The zero-order valence-electron chi connectivity index (χ0n) is 12.1. The van der Waals surface area contributed by atoms with Gasteiger partial charge in [-0.25, -0.2) is 8.78 Å². The predicted molar refractivity (Wildman–Crippen MR) is 87.7 cm³/mol. The second-order valence-corrected chi connectivity index (χ2v) is 6.80. The normalized spacial score (nSPS) is 16.7. The van der Waals surface area contributed by atoms with Crippen LogP contribution < -0.4 is 5.32 Å². The largest absolute Gasteiger partial charge is 0.349 e. The third-order valence-electron chi connectivity index (χ3n) is 3.76. The van der Waals surface area contributed by atoms with Gasteiger partial charge in [0.2, 0.25) is 5.91 Å². The van der Waals surface area contributed by atoms with Gasteiger partial charge in [-0.2, -0.15) is 0 Å². The third kappa shape index (κ3) is 3.51. The van der Waals surface area contributed by atoms with E-state index in [0.717, 1.165) is 11.3 Å². The number of amides is 1. The van der Waals surface area contributed by atoms with E-state index in [2.05, 4.69) is 5.32 Å². The van der Waals surface area contributed by atoms with Crippen molar-refractivity contribution in [2.75, 3.05) is 5.75 Å². The number of carbonyl (C=O) groups is 1. The van der Waals surface area contributed by atoms with Gasteiger partial charge in [-0.1, -0.05) is 29.8 Å². The third-order valence-corrected chi connectivity index (χ3v) is 5.27. The van der Waals surface area contributed by atoms with Gasteiger partial charge in [-0.15, -0.1) is 11.8 Å². The molecule has 0 radical (unpaired) electrons. The van der Waals surface area contributed by atoms with E-state index >= 15 is 0 Å². The van der Waals surface area contributed by atoms with Crippen LogP contribution in [0.25, 0.3) is 0 Å². The van der Waals surface area contributed by atoms with Gasteiger partial charge in [-0.3, -0.25) is 4.79 Å². The van der Waals surface area contributed by atoms with Crippen LogP contribution in [0.3, 0.4) is 0 Å². The molecule has 1 aliphatic rings. The van der Waals surface area contributed by atoms with E-state index in [9.17, 15) is 13.6 Å². The van der Waals surface area contributed by atoms with E-state index in [1.165, 1.54) is 30.0 Å². The Kier molecular flexibility index (Phi) is 4.87. The molecule has 120 valence electrons. The topological polar surface area (TPSA) is 29.1 Å². The summed E-state index contributed by atoms with van der Waals surface area (Å²) in [6, 6.07) is 8.91. The van der Waals surface area contributed by atoms with Crippen LogP contribution in [0.15, 0.2) is 41.3 Å². The molecule has 3 rings (SSSR count). The van der Waals surface area contributed by atoms with Gasteiger partial charge in [0.1, 0.15) is 11.6 Å². The molecule has 0 bridgehead atoms. The molecular weight excluding hydrogens is 340 g/mol. The molecule has 2 aromatic carbocycles. The average molecular weight is 354 g/mol. The van der Waals surface area contributed by atoms with Crippen molar-refractivity contribution < 1.29 is 13.6 Å². The number of fused-ring (bicyclic) bond motifs is 1. The lowest BCUT2D eigenvalue weighted by atomic mass is 10.0. The highest BCUT2D eigenvalue weighted by Gasteiger charge is 2.25. The molecule has 0 aromatic heterocycles. The quantitative estimate of drug-likeness (QED) is 0.879. The van der Waals surface area contributed by atoms with E-state index in [1.54, 1.807) is 12.1 Å². The average Bonchev–Trinajstić information content (AvgIpc) is 2.52. The Labute approximate surface area is 142 Å². The summed E-state index contributed by atoms with van der Waals surface area (Å²) in [5.74, 6) is -0.384. The molecule has 23 heavy (non-hydrogen) atoms. The Morgan fingerprint density at radius 3 is 2.74 bits per heavy atom. The molecule has 1 atom stereocenters. The van der Waals surface area contributed by atoms with Gasteiger partial charge in [0.25, 0.3) is 0 Å². The molecule has 2 nitrogen and oxygen atoms in total. The molecule has 1 heterocycles. The molecule has 1 amide bonds. The summed E-state index contributed by atoms with van der Waals surface area (Å²) < 4.78 is 27.6. The minimum Gasteiger partial charge on any atom is -0.349 e. The highest BCUT2D eigenvalue weighted by molar-refractivity contribution is 7.99. The van der Waals surface area contributed by atoms with Crippen molar-refractivity contribution in [2.24, 2.45) is 0 Å². The van der Waals surface area contributed by atoms with Crippen molar-refractivity contribution in [1.29, 1.82) is 0 Å². The summed E-state index contributed by atoms with van der Waals surface area (Å²) >= 11 is 7.39. The van der Waals surface area contributed by atoms with Gasteiger partial charge in [0, 0.05) is 21.2 Å². The van der Waals surface area contributed by atoms with E-state index < -0.39 is 5.82 Å². The Balaban J connectivity index is 1.76. The van der Waals surface area contributed by atoms with Crippen molar-refractivity contribution in [3.63, 3.8) is 0 Å². The summed E-state index contributed by atoms with van der Waals surface area (Å²) in [5.41, 5.74) is 0.950. The van der Waals surface area contributed by atoms with Crippen molar-refractivity contribution in [3.05, 3.63) is 64.2 Å². The summed E-state index contributed by atoms with van der Waals surface area (Å²) in [5, 5.41) is 3.09. The van der Waals surface area contributed by atoms with Crippen molar-refractivity contribution in [2.45, 2.75) is 23.8 Å². The number of rotatable bonds is 3. The summed E-state index contributed by atoms with van der Waals surface area (Å²) in [6.07, 6.45) is 0.567. The molecule has 1 N–H and O–H groups in total.